The molecule has 2 nitrogen and oxygen atoms in total. The first-order valence-corrected chi connectivity index (χ1v) is 6.59. The van der Waals surface area contributed by atoms with Gasteiger partial charge in [-0.3, -0.25) is 0 Å². The molecule has 1 heterocycles. The summed E-state index contributed by atoms with van der Waals surface area (Å²) in [5.74, 6) is 0. The van der Waals surface area contributed by atoms with Gasteiger partial charge in [0, 0.05) is 10.0 Å². The lowest BCUT2D eigenvalue weighted by molar-refractivity contribution is 0.164. The standard InChI is InChI=1S/C13H19BrN2/c1-15-13(7-9-16(2)10-8-13)11-3-5-12(14)6-4-11/h3-6,15H,7-10H2,1-2H3. The first kappa shape index (κ1) is 12.1. The van der Waals surface area contributed by atoms with Crippen molar-refractivity contribution >= 4 is 15.9 Å². The molecule has 0 atom stereocenters. The van der Waals surface area contributed by atoms with Crippen LogP contribution in [0.1, 0.15) is 18.4 Å². The summed E-state index contributed by atoms with van der Waals surface area (Å²) in [5, 5.41) is 3.53. The van der Waals surface area contributed by atoms with Crippen LogP contribution in [0.25, 0.3) is 0 Å². The molecule has 1 aliphatic heterocycles. The molecule has 1 aromatic rings. The number of halogens is 1. The van der Waals surface area contributed by atoms with E-state index in [9.17, 15) is 0 Å². The Labute approximate surface area is 106 Å². The molecule has 0 amide bonds. The fourth-order valence-corrected chi connectivity index (χ4v) is 2.72. The average molecular weight is 283 g/mol. The Hall–Kier alpha value is -0.380. The van der Waals surface area contributed by atoms with Crippen molar-refractivity contribution in [3.8, 4) is 0 Å². The van der Waals surface area contributed by atoms with Gasteiger partial charge in [0.25, 0.3) is 0 Å². The highest BCUT2D eigenvalue weighted by molar-refractivity contribution is 9.10. The fourth-order valence-electron chi connectivity index (χ4n) is 2.45. The summed E-state index contributed by atoms with van der Waals surface area (Å²) in [4.78, 5) is 2.40. The fraction of sp³-hybridized carbons (Fsp3) is 0.538. The van der Waals surface area contributed by atoms with Gasteiger partial charge in [0.2, 0.25) is 0 Å². The zero-order valence-electron chi connectivity index (χ0n) is 9.96. The maximum Gasteiger partial charge on any atom is 0.0456 e. The van der Waals surface area contributed by atoms with Gasteiger partial charge < -0.3 is 10.2 Å². The monoisotopic (exact) mass is 282 g/mol. The van der Waals surface area contributed by atoms with E-state index in [-0.39, 0.29) is 5.54 Å². The summed E-state index contributed by atoms with van der Waals surface area (Å²) < 4.78 is 1.15. The quantitative estimate of drug-likeness (QED) is 0.897. The van der Waals surface area contributed by atoms with Crippen LogP contribution in [-0.4, -0.2) is 32.1 Å². The highest BCUT2D eigenvalue weighted by atomic mass is 79.9. The molecule has 88 valence electrons. The summed E-state index contributed by atoms with van der Waals surface area (Å²) in [6.45, 7) is 2.33. The molecule has 0 aliphatic carbocycles. The molecule has 1 fully saturated rings. The van der Waals surface area contributed by atoms with Crippen LogP contribution < -0.4 is 5.32 Å². The van der Waals surface area contributed by atoms with Crippen LogP contribution in [0.3, 0.4) is 0 Å². The summed E-state index contributed by atoms with van der Waals surface area (Å²) in [7, 11) is 4.27. The van der Waals surface area contributed by atoms with E-state index in [0.29, 0.717) is 0 Å². The third-order valence-electron chi connectivity index (χ3n) is 3.72. The second-order valence-electron chi connectivity index (χ2n) is 4.64. The number of hydrogen-bond acceptors (Lipinski definition) is 2. The molecule has 1 aliphatic rings. The molecule has 1 N–H and O–H groups in total. The van der Waals surface area contributed by atoms with Crippen LogP contribution in [0, 0.1) is 0 Å². The zero-order valence-corrected chi connectivity index (χ0v) is 11.5. The normalized spacial score (nSPS) is 20.9. The predicted octanol–water partition coefficient (Wildman–Crippen LogP) is 2.59. The van der Waals surface area contributed by atoms with Crippen LogP contribution >= 0.6 is 15.9 Å². The van der Waals surface area contributed by atoms with Gasteiger partial charge in [-0.1, -0.05) is 28.1 Å². The van der Waals surface area contributed by atoms with Crippen molar-refractivity contribution in [2.75, 3.05) is 27.2 Å². The van der Waals surface area contributed by atoms with E-state index >= 15 is 0 Å². The van der Waals surface area contributed by atoms with Crippen molar-refractivity contribution in [3.05, 3.63) is 34.3 Å². The first-order chi connectivity index (χ1) is 7.66. The number of rotatable bonds is 2. The Kier molecular flexibility index (Phi) is 3.67. The summed E-state index contributed by atoms with van der Waals surface area (Å²) in [5.41, 5.74) is 1.58. The minimum atomic E-state index is 0.174. The molecule has 3 heteroatoms. The van der Waals surface area contributed by atoms with Crippen molar-refractivity contribution in [1.29, 1.82) is 0 Å². The number of nitrogens with one attached hydrogen (secondary N) is 1. The van der Waals surface area contributed by atoms with E-state index in [1.54, 1.807) is 0 Å². The highest BCUT2D eigenvalue weighted by Gasteiger charge is 2.33. The van der Waals surface area contributed by atoms with Gasteiger partial charge in [-0.2, -0.15) is 0 Å². The Morgan fingerprint density at radius 2 is 1.75 bits per heavy atom. The van der Waals surface area contributed by atoms with Crippen molar-refractivity contribution in [3.63, 3.8) is 0 Å². The second-order valence-corrected chi connectivity index (χ2v) is 5.56. The molecular formula is C13H19BrN2. The van der Waals surface area contributed by atoms with Crippen LogP contribution in [0.15, 0.2) is 28.7 Å². The van der Waals surface area contributed by atoms with Gasteiger partial charge >= 0.3 is 0 Å². The van der Waals surface area contributed by atoms with E-state index in [4.69, 9.17) is 0 Å². The topological polar surface area (TPSA) is 15.3 Å². The van der Waals surface area contributed by atoms with Crippen LogP contribution in [-0.2, 0) is 5.54 Å². The molecule has 1 saturated heterocycles. The lowest BCUT2D eigenvalue weighted by atomic mass is 9.81. The predicted molar refractivity (Wildman–Crippen MR) is 71.6 cm³/mol. The SMILES string of the molecule is CNC1(c2ccc(Br)cc2)CCN(C)CC1. The molecule has 0 aromatic heterocycles. The van der Waals surface area contributed by atoms with E-state index in [1.165, 1.54) is 18.4 Å². The van der Waals surface area contributed by atoms with Gasteiger partial charge in [-0.15, -0.1) is 0 Å². The summed E-state index contributed by atoms with van der Waals surface area (Å²) in [6, 6.07) is 8.72. The van der Waals surface area contributed by atoms with Crippen molar-refractivity contribution in [2.45, 2.75) is 18.4 Å². The maximum absolute atomic E-state index is 3.53. The largest absolute Gasteiger partial charge is 0.310 e. The summed E-state index contributed by atoms with van der Waals surface area (Å²) in [6.07, 6.45) is 2.36. The van der Waals surface area contributed by atoms with E-state index in [0.717, 1.165) is 17.6 Å². The van der Waals surface area contributed by atoms with Crippen LogP contribution in [0.5, 0.6) is 0 Å². The molecule has 2 rings (SSSR count). The minimum absolute atomic E-state index is 0.174. The Morgan fingerprint density at radius 3 is 2.25 bits per heavy atom. The van der Waals surface area contributed by atoms with Gasteiger partial charge in [0.05, 0.1) is 0 Å². The molecule has 0 unspecified atom stereocenters. The number of piperidine rings is 1. The lowest BCUT2D eigenvalue weighted by Gasteiger charge is -2.41. The van der Waals surface area contributed by atoms with Gasteiger partial charge in [-0.25, -0.2) is 0 Å². The molecular weight excluding hydrogens is 264 g/mol. The van der Waals surface area contributed by atoms with Crippen molar-refractivity contribution < 1.29 is 0 Å². The Balaban J connectivity index is 2.24. The molecule has 1 aromatic carbocycles. The Morgan fingerprint density at radius 1 is 1.19 bits per heavy atom. The molecule has 0 bridgehead atoms. The van der Waals surface area contributed by atoms with E-state index in [2.05, 4.69) is 64.5 Å². The zero-order chi connectivity index (χ0) is 11.6. The smallest absolute Gasteiger partial charge is 0.0456 e. The molecule has 0 radical (unpaired) electrons. The maximum atomic E-state index is 3.53. The minimum Gasteiger partial charge on any atom is -0.310 e. The third kappa shape index (κ3) is 2.31. The number of benzene rings is 1. The van der Waals surface area contributed by atoms with E-state index in [1.807, 2.05) is 0 Å². The second kappa shape index (κ2) is 4.86. The molecule has 16 heavy (non-hydrogen) atoms. The average Bonchev–Trinajstić information content (AvgIpc) is 2.32. The Bertz CT molecular complexity index is 339. The van der Waals surface area contributed by atoms with Crippen LogP contribution in [0.2, 0.25) is 0 Å². The van der Waals surface area contributed by atoms with Crippen LogP contribution in [0.4, 0.5) is 0 Å². The van der Waals surface area contributed by atoms with Crippen molar-refractivity contribution in [1.82, 2.24) is 10.2 Å². The molecule has 0 spiro atoms. The lowest BCUT2D eigenvalue weighted by Crippen LogP contribution is -2.48. The van der Waals surface area contributed by atoms with Gasteiger partial charge in [0.1, 0.15) is 0 Å². The van der Waals surface area contributed by atoms with Crippen molar-refractivity contribution in [2.24, 2.45) is 0 Å². The van der Waals surface area contributed by atoms with E-state index < -0.39 is 0 Å². The van der Waals surface area contributed by atoms with Gasteiger partial charge in [0.15, 0.2) is 0 Å². The number of likely N-dealkylation sites (tertiary alicyclic amines) is 1. The van der Waals surface area contributed by atoms with Gasteiger partial charge in [-0.05, 0) is 57.7 Å². The number of nitrogens with zero attached hydrogens (tertiary/aromatic N) is 1. The molecule has 0 saturated carbocycles. The number of hydrogen-bond donors (Lipinski definition) is 1. The summed E-state index contributed by atoms with van der Waals surface area (Å²) >= 11 is 3.49. The highest BCUT2D eigenvalue weighted by Crippen LogP contribution is 2.32. The third-order valence-corrected chi connectivity index (χ3v) is 4.24. The first-order valence-electron chi connectivity index (χ1n) is 5.80.